The van der Waals surface area contributed by atoms with Crippen molar-refractivity contribution in [3.05, 3.63) is 177 Å². The van der Waals surface area contributed by atoms with Gasteiger partial charge in [0.1, 0.15) is 4.88 Å². The van der Waals surface area contributed by atoms with Crippen LogP contribution < -0.4 is 16.7 Å². The number of ether oxygens (including phenoxy) is 2. The number of hydroxylamine groups is 1. The van der Waals surface area contributed by atoms with E-state index in [1.165, 1.54) is 34.0 Å². The zero-order valence-electron chi connectivity index (χ0n) is 47.3. The Morgan fingerprint density at radius 3 is 1.36 bits per heavy atom. The van der Waals surface area contributed by atoms with Crippen LogP contribution in [-0.4, -0.2) is 138 Å². The number of rotatable bonds is 11. The number of aromatic nitrogens is 9. The van der Waals surface area contributed by atoms with Crippen molar-refractivity contribution < 1.29 is 53.8 Å². The molecule has 12 rings (SSSR count). The molecular formula is C59H67ClN14O11S3. The summed E-state index contributed by atoms with van der Waals surface area (Å²) in [6.07, 6.45) is 7.72. The van der Waals surface area contributed by atoms with Crippen LogP contribution in [0.25, 0.3) is 31.7 Å². The molecule has 464 valence electrons. The predicted octanol–water partition coefficient (Wildman–Crippen LogP) is 8.85. The number of carbonyl (C=O) groups is 6. The topological polar surface area (TPSA) is 330 Å². The summed E-state index contributed by atoms with van der Waals surface area (Å²) >= 11 is 4.09. The molecule has 88 heavy (non-hydrogen) atoms. The number of esters is 2. The van der Waals surface area contributed by atoms with Gasteiger partial charge in [0.2, 0.25) is 0 Å². The predicted molar refractivity (Wildman–Crippen MR) is 332 cm³/mol. The van der Waals surface area contributed by atoms with Gasteiger partial charge in [-0.2, -0.15) is 15.3 Å². The third-order valence-electron chi connectivity index (χ3n) is 13.0. The van der Waals surface area contributed by atoms with E-state index in [0.29, 0.717) is 78.5 Å². The zero-order chi connectivity index (χ0) is 61.0. The molecule has 0 atom stereocenters. The molecule has 3 aliphatic heterocycles. The number of hydrogen-bond acceptors (Lipinski definition) is 21. The number of nitrogens with zero attached hydrogens (tertiary/aromatic N) is 11. The number of fused-ring (bicyclic) bond motifs is 3. The van der Waals surface area contributed by atoms with E-state index in [4.69, 9.17) is 25.0 Å². The van der Waals surface area contributed by atoms with Crippen molar-refractivity contribution in [2.24, 2.45) is 5.90 Å². The Kier molecular flexibility index (Phi) is 26.3. The first-order valence-electron chi connectivity index (χ1n) is 27.2. The fourth-order valence-corrected chi connectivity index (χ4v) is 11.7. The van der Waals surface area contributed by atoms with Crippen molar-refractivity contribution in [2.45, 2.75) is 79.8 Å². The molecule has 0 aliphatic carbocycles. The second kappa shape index (κ2) is 33.9. The normalized spacial score (nSPS) is 12.9. The van der Waals surface area contributed by atoms with Crippen molar-refractivity contribution in [2.75, 3.05) is 32.8 Å². The van der Waals surface area contributed by atoms with E-state index in [9.17, 15) is 28.8 Å². The lowest BCUT2D eigenvalue weighted by molar-refractivity contribution is 0.0509. The molecule has 0 fully saturated rings. The number of hydrogen-bond donors (Lipinski definition) is 6. The number of aromatic carboxylic acids is 1. The lowest BCUT2D eigenvalue weighted by atomic mass is 10.3. The summed E-state index contributed by atoms with van der Waals surface area (Å²) in [4.78, 5) is 92.4. The standard InChI is InChI=1S/C20H20N4O3S.C18H17N5O3S.C10H15N3O2.C10H7NO2S.CH4.ClH.H3NO/c1-2-27-20(26)16-12-14-13-23(10-5-11-24(14)22-16)19(25)18-8-7-17(28-18)15-6-3-4-9-21-15;24-17(21-26)14-10-12-11-22(8-3-9-23(12)20-14)18(25)16-6-5-15(27-16)13-4-1-2-7-19-13;1-2-15-10(14)9-6-8-7-11-4-3-5-13(8)12-9;12-10(13)9-5-4-8(14-9)7-3-1-2-6-11-7;;;1-2/h3-4,6-9,12H,2,5,10-11,13H2,1H3;1-2,4-7,10,26H,3,8-9,11H2,(H,21,24);6,11H,2-5,7H2,1H3;1-6H,(H,12,13);1H4;1H;2H,1H2. The Morgan fingerprint density at radius 2 is 0.955 bits per heavy atom. The maximum absolute atomic E-state index is 13.0. The van der Waals surface area contributed by atoms with Crippen molar-refractivity contribution in [3.63, 3.8) is 0 Å². The van der Waals surface area contributed by atoms with Gasteiger partial charge in [0, 0.05) is 57.9 Å². The molecule has 0 radical (unpaired) electrons. The summed E-state index contributed by atoms with van der Waals surface area (Å²) in [5, 5.41) is 40.0. The van der Waals surface area contributed by atoms with Crippen LogP contribution in [0.4, 0.5) is 0 Å². The summed E-state index contributed by atoms with van der Waals surface area (Å²) in [5.41, 5.74) is 7.60. The summed E-state index contributed by atoms with van der Waals surface area (Å²) in [6, 6.07) is 33.0. The quantitative estimate of drug-likeness (QED) is 0.0400. The number of aryl methyl sites for hydroxylation is 3. The lowest BCUT2D eigenvalue weighted by Gasteiger charge is -2.19. The minimum atomic E-state index is -0.891. The Hall–Kier alpha value is -8.87. The molecule has 0 aromatic carbocycles. The molecule has 29 heteroatoms. The van der Waals surface area contributed by atoms with E-state index in [0.717, 1.165) is 87.7 Å². The van der Waals surface area contributed by atoms with Gasteiger partial charge in [0.05, 0.1) is 84.9 Å². The molecule has 25 nitrogen and oxygen atoms in total. The highest BCUT2D eigenvalue weighted by molar-refractivity contribution is 7.18. The number of carboxylic acids is 1. The third-order valence-corrected chi connectivity index (χ3v) is 16.3. The van der Waals surface area contributed by atoms with Gasteiger partial charge in [-0.1, -0.05) is 25.6 Å². The first kappa shape index (κ1) is 68.2. The average molecular weight is 1280 g/mol. The molecular weight excluding hydrogens is 1210 g/mol. The van der Waals surface area contributed by atoms with Gasteiger partial charge in [0.15, 0.2) is 17.1 Å². The molecule has 0 unspecified atom stereocenters. The van der Waals surface area contributed by atoms with Crippen LogP contribution in [0.5, 0.6) is 0 Å². The number of amides is 3. The average Bonchev–Trinajstić information content (AvgIpc) is 4.07. The van der Waals surface area contributed by atoms with E-state index in [2.05, 4.69) is 41.5 Å². The third kappa shape index (κ3) is 17.9. The first-order chi connectivity index (χ1) is 41.9. The van der Waals surface area contributed by atoms with Gasteiger partial charge in [-0.25, -0.2) is 25.8 Å². The summed E-state index contributed by atoms with van der Waals surface area (Å²) in [6.45, 7) is 10.2. The molecule has 3 amide bonds. The number of halogens is 1. The number of carboxylic acid groups (broad SMARTS) is 1. The molecule has 3 aliphatic rings. The van der Waals surface area contributed by atoms with Crippen LogP contribution in [0.2, 0.25) is 0 Å². The number of carbonyl (C=O) groups excluding carboxylic acids is 5. The minimum Gasteiger partial charge on any atom is -0.477 e. The summed E-state index contributed by atoms with van der Waals surface area (Å²) < 4.78 is 15.3. The molecule has 12 heterocycles. The minimum absolute atomic E-state index is 0. The molecule has 0 saturated carbocycles. The summed E-state index contributed by atoms with van der Waals surface area (Å²) in [5.74, 6) is 1.12. The largest absolute Gasteiger partial charge is 0.477 e. The molecule has 9 aromatic rings. The Bertz CT molecular complexity index is 3700. The van der Waals surface area contributed by atoms with Crippen LogP contribution in [0.1, 0.15) is 118 Å². The van der Waals surface area contributed by atoms with Gasteiger partial charge in [-0.3, -0.25) is 48.6 Å². The molecule has 7 N–H and O–H groups in total. The van der Waals surface area contributed by atoms with Gasteiger partial charge >= 0.3 is 17.9 Å². The van der Waals surface area contributed by atoms with Crippen LogP contribution in [0, 0.1) is 0 Å². The SMILES string of the molecule is C.CCOC(=O)c1cc2n(n1)CCCN(C(=O)c1ccc(-c3ccccn3)s1)C2.CCOC(=O)c1cc2n(n1)CCCNC2.Cl.NO.O=C(NO)c1cc2n(n1)CCCN(C(=O)c1ccc(-c3ccccn3)s1)C2.O=C(O)c1ccc(-c2ccccn2)s1. The fourth-order valence-electron chi connectivity index (χ4n) is 9.02. The van der Waals surface area contributed by atoms with Crippen molar-refractivity contribution in [1.29, 1.82) is 0 Å². The zero-order valence-corrected chi connectivity index (χ0v) is 50.5. The Labute approximate surface area is 524 Å². The smallest absolute Gasteiger partial charge is 0.358 e. The van der Waals surface area contributed by atoms with E-state index >= 15 is 0 Å². The summed E-state index contributed by atoms with van der Waals surface area (Å²) in [7, 11) is 0. The fraction of sp³-hybridized carbons (Fsp3) is 0.288. The highest BCUT2D eigenvalue weighted by Gasteiger charge is 2.27. The van der Waals surface area contributed by atoms with Crippen molar-refractivity contribution in [3.8, 4) is 31.7 Å². The maximum Gasteiger partial charge on any atom is 0.358 e. The van der Waals surface area contributed by atoms with Crippen LogP contribution in [-0.2, 0) is 48.7 Å². The van der Waals surface area contributed by atoms with Crippen molar-refractivity contribution >= 4 is 82.0 Å². The van der Waals surface area contributed by atoms with E-state index in [1.54, 1.807) is 82.5 Å². The van der Waals surface area contributed by atoms with Crippen LogP contribution >= 0.6 is 46.4 Å². The monoisotopic (exact) mass is 1280 g/mol. The van der Waals surface area contributed by atoms with Crippen molar-refractivity contribution in [1.82, 2.24) is 64.9 Å². The number of thiophene rings is 3. The number of nitrogens with one attached hydrogen (secondary N) is 2. The van der Waals surface area contributed by atoms with Gasteiger partial charge in [-0.15, -0.1) is 46.4 Å². The second-order valence-electron chi connectivity index (χ2n) is 18.7. The second-order valence-corrected chi connectivity index (χ2v) is 22.0. The Morgan fingerprint density at radius 1 is 0.557 bits per heavy atom. The highest BCUT2D eigenvalue weighted by Crippen LogP contribution is 2.31. The van der Waals surface area contributed by atoms with Gasteiger partial charge in [-0.05, 0) is 131 Å². The molecule has 0 bridgehead atoms. The highest BCUT2D eigenvalue weighted by atomic mass is 35.5. The van der Waals surface area contributed by atoms with Crippen LogP contribution in [0.15, 0.2) is 128 Å². The Balaban J connectivity index is 0.000000192. The molecule has 9 aromatic heterocycles. The van der Waals surface area contributed by atoms with E-state index in [-0.39, 0.29) is 43.3 Å². The van der Waals surface area contributed by atoms with E-state index in [1.807, 2.05) is 88.4 Å². The lowest BCUT2D eigenvalue weighted by Crippen LogP contribution is -2.30. The molecule has 0 spiro atoms. The molecule has 0 saturated heterocycles. The van der Waals surface area contributed by atoms with Gasteiger partial charge in [0.25, 0.3) is 17.7 Å². The van der Waals surface area contributed by atoms with Crippen LogP contribution in [0.3, 0.4) is 0 Å². The van der Waals surface area contributed by atoms with Gasteiger partial charge < -0.3 is 34.9 Å². The maximum atomic E-state index is 13.0. The first-order valence-corrected chi connectivity index (χ1v) is 29.6. The number of pyridine rings is 3. The van der Waals surface area contributed by atoms with E-state index < -0.39 is 17.8 Å². The number of nitrogens with two attached hydrogens (primary N) is 1.